The summed E-state index contributed by atoms with van der Waals surface area (Å²) in [5.41, 5.74) is 0. The number of nitrogens with zero attached hydrogens (tertiary/aromatic N) is 1. The summed E-state index contributed by atoms with van der Waals surface area (Å²) in [5, 5.41) is 0. The standard InChI is InChI=1S/C22H45N2.ClH/c1-4-5-6-7-8-9-10-11-12-13-14-15-16-17-18-19-22-23(2)20-21-24(22)3;/h4-21H2,1-3H3;1H/q+1;. The smallest absolute Gasteiger partial charge is 0.336 e. The van der Waals surface area contributed by atoms with Crippen LogP contribution in [0.2, 0.25) is 0 Å². The van der Waals surface area contributed by atoms with Crippen molar-refractivity contribution in [2.45, 2.75) is 110 Å². The van der Waals surface area contributed by atoms with Gasteiger partial charge in [0.1, 0.15) is 13.6 Å². The maximum Gasteiger partial charge on any atom is 0.336 e. The van der Waals surface area contributed by atoms with Crippen LogP contribution in [-0.4, -0.2) is 37.6 Å². The van der Waals surface area contributed by atoms with Crippen LogP contribution in [0.25, 0.3) is 0 Å². The predicted octanol–water partition coefficient (Wildman–Crippen LogP) is 1.82. The molecular formula is C22H46ClN2+. The Morgan fingerprint density at radius 1 is 0.720 bits per heavy atom. The minimum atomic E-state index is 0. The highest BCUT2D eigenvalue weighted by Crippen LogP contribution is 2.13. The molecule has 0 aromatic carbocycles. The Morgan fingerprint density at radius 3 is 1.48 bits per heavy atom. The van der Waals surface area contributed by atoms with Gasteiger partial charge in [-0.3, -0.25) is 0 Å². The molecule has 1 heterocycles. The molecule has 0 aromatic rings. The van der Waals surface area contributed by atoms with Gasteiger partial charge in [0.15, 0.2) is 6.54 Å². The quantitative estimate of drug-likeness (QED) is 0.312. The van der Waals surface area contributed by atoms with Crippen molar-refractivity contribution in [1.29, 1.82) is 0 Å². The molecule has 1 atom stereocenters. The summed E-state index contributed by atoms with van der Waals surface area (Å²) >= 11 is 0. The molecule has 0 fully saturated rings. The predicted molar refractivity (Wildman–Crippen MR) is 107 cm³/mol. The zero-order valence-electron chi connectivity index (χ0n) is 17.6. The average molecular weight is 374 g/mol. The van der Waals surface area contributed by atoms with Crippen molar-refractivity contribution >= 4 is 5.84 Å². The van der Waals surface area contributed by atoms with Crippen LogP contribution < -0.4 is 17.3 Å². The molecule has 1 unspecified atom stereocenters. The maximum atomic E-state index is 2.47. The normalized spacial score (nSPS) is 17.2. The fourth-order valence-electron chi connectivity index (χ4n) is 4.01. The molecule has 2 nitrogen and oxygen atoms in total. The first kappa shape index (κ1) is 24.9. The van der Waals surface area contributed by atoms with E-state index in [1.807, 2.05) is 0 Å². The highest BCUT2D eigenvalue weighted by atomic mass is 35.5. The van der Waals surface area contributed by atoms with E-state index in [1.54, 1.807) is 10.7 Å². The van der Waals surface area contributed by atoms with Crippen LogP contribution in [0.1, 0.15) is 110 Å². The summed E-state index contributed by atoms with van der Waals surface area (Å²) in [4.78, 5) is 1.64. The first-order valence-corrected chi connectivity index (χ1v) is 11.2. The zero-order valence-corrected chi connectivity index (χ0v) is 18.3. The fraction of sp³-hybridized carbons (Fsp3) is 0.955. The van der Waals surface area contributed by atoms with Gasteiger partial charge in [-0.1, -0.05) is 96.8 Å². The molecule has 0 bridgehead atoms. The summed E-state index contributed by atoms with van der Waals surface area (Å²) in [6.07, 6.45) is 23.1. The third kappa shape index (κ3) is 12.8. The molecule has 1 N–H and O–H groups in total. The van der Waals surface area contributed by atoms with E-state index >= 15 is 0 Å². The molecule has 0 aliphatic carbocycles. The van der Waals surface area contributed by atoms with Crippen molar-refractivity contribution in [1.82, 2.24) is 0 Å². The fourth-order valence-corrected chi connectivity index (χ4v) is 4.01. The van der Waals surface area contributed by atoms with Gasteiger partial charge in [-0.15, -0.1) is 0 Å². The van der Waals surface area contributed by atoms with E-state index < -0.39 is 0 Å². The lowest BCUT2D eigenvalue weighted by atomic mass is 10.0. The van der Waals surface area contributed by atoms with Crippen molar-refractivity contribution in [2.24, 2.45) is 0 Å². The van der Waals surface area contributed by atoms with Gasteiger partial charge >= 0.3 is 5.84 Å². The third-order valence-corrected chi connectivity index (χ3v) is 5.79. The molecule has 0 amide bonds. The minimum absolute atomic E-state index is 0. The zero-order chi connectivity index (χ0) is 17.5. The van der Waals surface area contributed by atoms with E-state index in [9.17, 15) is 0 Å². The number of hydrogen-bond acceptors (Lipinski definition) is 0. The number of likely N-dealkylation sites (N-methyl/N-ethyl adjacent to an activating group) is 2. The molecule has 0 saturated heterocycles. The summed E-state index contributed by atoms with van der Waals surface area (Å²) in [6, 6.07) is 0. The highest BCUT2D eigenvalue weighted by molar-refractivity contribution is 5.68. The van der Waals surface area contributed by atoms with Crippen molar-refractivity contribution in [3.05, 3.63) is 0 Å². The van der Waals surface area contributed by atoms with Crippen LogP contribution >= 0.6 is 0 Å². The monoisotopic (exact) mass is 373 g/mol. The molecular weight excluding hydrogens is 328 g/mol. The van der Waals surface area contributed by atoms with E-state index in [0.717, 1.165) is 0 Å². The SMILES string of the molecule is CCCCCCCCCCCCCCCCCC1=[N+](C)CC[NH+]1C.[Cl-]. The Hall–Kier alpha value is -0.0800. The lowest BCUT2D eigenvalue weighted by molar-refractivity contribution is -0.779. The van der Waals surface area contributed by atoms with Crippen LogP contribution in [0.4, 0.5) is 0 Å². The largest absolute Gasteiger partial charge is 1.00 e. The second-order valence-electron chi connectivity index (χ2n) is 8.10. The lowest BCUT2D eigenvalue weighted by Gasteiger charge is -2.04. The molecule has 3 heteroatoms. The van der Waals surface area contributed by atoms with Gasteiger partial charge in [-0.05, 0) is 6.42 Å². The number of amidine groups is 1. The topological polar surface area (TPSA) is 7.45 Å². The van der Waals surface area contributed by atoms with Crippen molar-refractivity contribution in [2.75, 3.05) is 27.2 Å². The van der Waals surface area contributed by atoms with E-state index in [-0.39, 0.29) is 12.4 Å². The van der Waals surface area contributed by atoms with Crippen LogP contribution in [0, 0.1) is 0 Å². The Bertz CT molecular complexity index is 328. The summed E-state index contributed by atoms with van der Waals surface area (Å²) in [6.45, 7) is 4.84. The third-order valence-electron chi connectivity index (χ3n) is 5.79. The van der Waals surface area contributed by atoms with E-state index in [0.29, 0.717) is 0 Å². The minimum Gasteiger partial charge on any atom is -1.00 e. The number of halogens is 1. The highest BCUT2D eigenvalue weighted by Gasteiger charge is 2.28. The van der Waals surface area contributed by atoms with E-state index in [2.05, 4.69) is 25.6 Å². The lowest BCUT2D eigenvalue weighted by Crippen LogP contribution is -3.10. The molecule has 0 saturated carbocycles. The van der Waals surface area contributed by atoms with Crippen LogP contribution in [0.15, 0.2) is 0 Å². The molecule has 25 heavy (non-hydrogen) atoms. The molecule has 0 aromatic heterocycles. The van der Waals surface area contributed by atoms with E-state index in [1.165, 1.54) is 116 Å². The second-order valence-corrected chi connectivity index (χ2v) is 8.10. The van der Waals surface area contributed by atoms with Crippen molar-refractivity contribution < 1.29 is 21.9 Å². The first-order chi connectivity index (χ1) is 11.8. The number of unbranched alkanes of at least 4 members (excludes halogenated alkanes) is 14. The number of quaternary nitrogens is 1. The summed E-state index contributed by atoms with van der Waals surface area (Å²) < 4.78 is 2.47. The summed E-state index contributed by atoms with van der Waals surface area (Å²) in [5.74, 6) is 1.64. The van der Waals surface area contributed by atoms with Gasteiger partial charge in [-0.2, -0.15) is 4.58 Å². The van der Waals surface area contributed by atoms with E-state index in [4.69, 9.17) is 0 Å². The molecule has 1 aliphatic rings. The number of nitrogens with one attached hydrogen (secondary N) is 1. The Balaban J connectivity index is 0.00000576. The average Bonchev–Trinajstić information content (AvgIpc) is 2.90. The van der Waals surface area contributed by atoms with Crippen LogP contribution in [0.5, 0.6) is 0 Å². The van der Waals surface area contributed by atoms with Crippen molar-refractivity contribution in [3.63, 3.8) is 0 Å². The first-order valence-electron chi connectivity index (χ1n) is 11.2. The van der Waals surface area contributed by atoms with Gasteiger partial charge in [0, 0.05) is 0 Å². The molecule has 1 rings (SSSR count). The Kier molecular flexibility index (Phi) is 17.3. The maximum absolute atomic E-state index is 2.47. The van der Waals surface area contributed by atoms with Gasteiger partial charge in [0.25, 0.3) is 0 Å². The molecule has 1 aliphatic heterocycles. The molecule has 150 valence electrons. The Labute approximate surface area is 164 Å². The Morgan fingerprint density at radius 2 is 1.12 bits per heavy atom. The molecule has 0 radical (unpaired) electrons. The number of rotatable bonds is 16. The van der Waals surface area contributed by atoms with Gasteiger partial charge < -0.3 is 12.4 Å². The number of hydrogen-bond donors (Lipinski definition) is 1. The van der Waals surface area contributed by atoms with Crippen molar-refractivity contribution in [3.8, 4) is 0 Å². The van der Waals surface area contributed by atoms with Crippen LogP contribution in [-0.2, 0) is 0 Å². The van der Waals surface area contributed by atoms with Gasteiger partial charge in [0.2, 0.25) is 0 Å². The summed E-state index contributed by atoms with van der Waals surface area (Å²) in [7, 11) is 4.58. The molecule has 0 spiro atoms. The van der Waals surface area contributed by atoms with Gasteiger partial charge in [-0.25, -0.2) is 4.90 Å². The second kappa shape index (κ2) is 17.3. The van der Waals surface area contributed by atoms with Crippen LogP contribution in [0.3, 0.4) is 0 Å². The van der Waals surface area contributed by atoms with Gasteiger partial charge in [0.05, 0.1) is 13.5 Å².